The number of nitrogens with zero attached hydrogens (tertiary/aromatic N) is 4. The van der Waals surface area contributed by atoms with E-state index < -0.39 is 0 Å². The number of para-hydroxylation sites is 1. The Labute approximate surface area is 177 Å². The molecule has 0 aliphatic heterocycles. The maximum Gasteiger partial charge on any atom is 0.222 e. The Hall–Kier alpha value is -2.96. The molecule has 0 spiro atoms. The number of aromatic nitrogens is 4. The van der Waals surface area contributed by atoms with Gasteiger partial charge in [0.25, 0.3) is 0 Å². The molecule has 1 amide bonds. The fraction of sp³-hybridized carbons (Fsp3) is 0.478. The van der Waals surface area contributed by atoms with E-state index in [9.17, 15) is 4.79 Å². The monoisotopic (exact) mass is 406 g/mol. The van der Waals surface area contributed by atoms with E-state index in [2.05, 4.69) is 22.7 Å². The molecule has 158 valence electrons. The van der Waals surface area contributed by atoms with Gasteiger partial charge in [0.1, 0.15) is 11.6 Å². The highest BCUT2D eigenvalue weighted by Gasteiger charge is 2.24. The standard InChI is InChI=1S/C23H30N6O/c1-4-20-27-21(25-16-10-12-17(13-11-16)26-23(30)15(2)3)19-14-24-29(22(19)28-20)18-8-6-5-7-9-18/h5-9,14-17H,4,10-13H2,1-3H3,(H,26,30)(H,25,27,28). The summed E-state index contributed by atoms with van der Waals surface area (Å²) in [7, 11) is 0. The number of hydrogen-bond acceptors (Lipinski definition) is 5. The van der Waals surface area contributed by atoms with E-state index >= 15 is 0 Å². The van der Waals surface area contributed by atoms with Gasteiger partial charge in [-0.2, -0.15) is 5.10 Å². The minimum Gasteiger partial charge on any atom is -0.367 e. The van der Waals surface area contributed by atoms with Crippen molar-refractivity contribution in [3.05, 3.63) is 42.4 Å². The molecule has 0 saturated heterocycles. The predicted molar refractivity (Wildman–Crippen MR) is 119 cm³/mol. The molecular formula is C23H30N6O. The third kappa shape index (κ3) is 4.30. The minimum absolute atomic E-state index is 0.0313. The van der Waals surface area contributed by atoms with E-state index in [1.165, 1.54) is 0 Å². The quantitative estimate of drug-likeness (QED) is 0.649. The fourth-order valence-corrected chi connectivity index (χ4v) is 3.92. The van der Waals surface area contributed by atoms with Crippen LogP contribution in [0.2, 0.25) is 0 Å². The van der Waals surface area contributed by atoms with Crippen molar-refractivity contribution in [3.8, 4) is 5.69 Å². The summed E-state index contributed by atoms with van der Waals surface area (Å²) in [6, 6.07) is 10.7. The molecule has 0 atom stereocenters. The van der Waals surface area contributed by atoms with Crippen LogP contribution in [0.4, 0.5) is 5.82 Å². The van der Waals surface area contributed by atoms with Gasteiger partial charge < -0.3 is 10.6 Å². The molecule has 7 heteroatoms. The van der Waals surface area contributed by atoms with Gasteiger partial charge in [0.05, 0.1) is 17.3 Å². The van der Waals surface area contributed by atoms with E-state index in [1.807, 2.05) is 55.1 Å². The van der Waals surface area contributed by atoms with Crippen molar-refractivity contribution in [1.82, 2.24) is 25.1 Å². The lowest BCUT2D eigenvalue weighted by Gasteiger charge is -2.30. The second kappa shape index (κ2) is 8.81. The van der Waals surface area contributed by atoms with E-state index in [0.29, 0.717) is 6.04 Å². The Balaban J connectivity index is 1.52. The van der Waals surface area contributed by atoms with Crippen molar-refractivity contribution in [2.75, 3.05) is 5.32 Å². The van der Waals surface area contributed by atoms with Crippen LogP contribution in [0.25, 0.3) is 16.7 Å². The van der Waals surface area contributed by atoms with Crippen LogP contribution in [0, 0.1) is 5.92 Å². The Morgan fingerprint density at radius 3 is 2.47 bits per heavy atom. The highest BCUT2D eigenvalue weighted by atomic mass is 16.1. The second-order valence-corrected chi connectivity index (χ2v) is 8.33. The largest absolute Gasteiger partial charge is 0.367 e. The maximum atomic E-state index is 12.0. The Bertz CT molecular complexity index is 1010. The van der Waals surface area contributed by atoms with Gasteiger partial charge in [0.2, 0.25) is 5.91 Å². The number of amides is 1. The summed E-state index contributed by atoms with van der Waals surface area (Å²) in [6.07, 6.45) is 6.57. The third-order valence-corrected chi connectivity index (χ3v) is 5.73. The first-order valence-electron chi connectivity index (χ1n) is 10.9. The molecule has 0 unspecified atom stereocenters. The lowest BCUT2D eigenvalue weighted by atomic mass is 9.90. The molecule has 3 aromatic rings. The summed E-state index contributed by atoms with van der Waals surface area (Å²) in [4.78, 5) is 21.5. The van der Waals surface area contributed by atoms with Crippen LogP contribution in [-0.2, 0) is 11.2 Å². The lowest BCUT2D eigenvalue weighted by Crippen LogP contribution is -2.41. The third-order valence-electron chi connectivity index (χ3n) is 5.73. The van der Waals surface area contributed by atoms with Gasteiger partial charge in [0.15, 0.2) is 5.65 Å². The van der Waals surface area contributed by atoms with Gasteiger partial charge in [-0.15, -0.1) is 0 Å². The molecule has 30 heavy (non-hydrogen) atoms. The normalized spacial score (nSPS) is 19.2. The van der Waals surface area contributed by atoms with E-state index in [4.69, 9.17) is 9.97 Å². The number of benzene rings is 1. The molecule has 1 aliphatic carbocycles. The van der Waals surface area contributed by atoms with Gasteiger partial charge in [-0.25, -0.2) is 14.6 Å². The fourth-order valence-electron chi connectivity index (χ4n) is 3.92. The van der Waals surface area contributed by atoms with Gasteiger partial charge in [-0.05, 0) is 37.8 Å². The van der Waals surface area contributed by atoms with Gasteiger partial charge in [0, 0.05) is 24.4 Å². The number of carbonyl (C=O) groups excluding carboxylic acids is 1. The molecular weight excluding hydrogens is 376 g/mol. The van der Waals surface area contributed by atoms with Crippen LogP contribution in [0.1, 0.15) is 52.3 Å². The second-order valence-electron chi connectivity index (χ2n) is 8.33. The summed E-state index contributed by atoms with van der Waals surface area (Å²) in [5.41, 5.74) is 1.81. The van der Waals surface area contributed by atoms with E-state index in [-0.39, 0.29) is 17.9 Å². The summed E-state index contributed by atoms with van der Waals surface area (Å²) in [5.74, 6) is 1.84. The predicted octanol–water partition coefficient (Wildman–Crippen LogP) is 3.87. The van der Waals surface area contributed by atoms with Crippen LogP contribution in [0.5, 0.6) is 0 Å². The van der Waals surface area contributed by atoms with Gasteiger partial charge >= 0.3 is 0 Å². The Kier molecular flexibility index (Phi) is 5.97. The van der Waals surface area contributed by atoms with Crippen LogP contribution >= 0.6 is 0 Å². The van der Waals surface area contributed by atoms with Crippen molar-refractivity contribution in [3.63, 3.8) is 0 Å². The number of aryl methyl sites for hydroxylation is 1. The number of fused-ring (bicyclic) bond motifs is 1. The zero-order valence-corrected chi connectivity index (χ0v) is 17.9. The van der Waals surface area contributed by atoms with Crippen molar-refractivity contribution in [2.45, 2.75) is 65.0 Å². The Morgan fingerprint density at radius 1 is 1.10 bits per heavy atom. The molecule has 2 N–H and O–H groups in total. The number of anilines is 1. The Morgan fingerprint density at radius 2 is 1.80 bits per heavy atom. The number of carbonyl (C=O) groups is 1. The topological polar surface area (TPSA) is 84.7 Å². The SMILES string of the molecule is CCc1nc(NC2CCC(NC(=O)C(C)C)CC2)c2cnn(-c3ccccc3)c2n1. The van der Waals surface area contributed by atoms with Crippen molar-refractivity contribution >= 4 is 22.8 Å². The average molecular weight is 407 g/mol. The molecule has 1 aliphatic rings. The van der Waals surface area contributed by atoms with Crippen LogP contribution < -0.4 is 10.6 Å². The molecule has 1 fully saturated rings. The summed E-state index contributed by atoms with van der Waals surface area (Å²) < 4.78 is 1.87. The molecule has 0 bridgehead atoms. The average Bonchev–Trinajstić information content (AvgIpc) is 3.19. The first kappa shape index (κ1) is 20.3. The smallest absolute Gasteiger partial charge is 0.222 e. The molecule has 1 aromatic carbocycles. The highest BCUT2D eigenvalue weighted by Crippen LogP contribution is 2.27. The van der Waals surface area contributed by atoms with Crippen LogP contribution in [0.3, 0.4) is 0 Å². The summed E-state index contributed by atoms with van der Waals surface area (Å²) in [5, 5.41) is 12.3. The van der Waals surface area contributed by atoms with Crippen molar-refractivity contribution in [2.24, 2.45) is 5.92 Å². The molecule has 1 saturated carbocycles. The zero-order chi connectivity index (χ0) is 21.1. The van der Waals surface area contributed by atoms with E-state index in [1.54, 1.807) is 0 Å². The molecule has 4 rings (SSSR count). The summed E-state index contributed by atoms with van der Waals surface area (Å²) in [6.45, 7) is 5.93. The molecule has 0 radical (unpaired) electrons. The maximum absolute atomic E-state index is 12.0. The number of hydrogen-bond donors (Lipinski definition) is 2. The zero-order valence-electron chi connectivity index (χ0n) is 17.9. The van der Waals surface area contributed by atoms with Crippen LogP contribution in [-0.4, -0.2) is 37.7 Å². The summed E-state index contributed by atoms with van der Waals surface area (Å²) >= 11 is 0. The first-order chi connectivity index (χ1) is 14.5. The molecule has 7 nitrogen and oxygen atoms in total. The van der Waals surface area contributed by atoms with Crippen molar-refractivity contribution < 1.29 is 4.79 Å². The number of nitrogens with one attached hydrogen (secondary N) is 2. The number of rotatable bonds is 6. The minimum atomic E-state index is 0.0313. The highest BCUT2D eigenvalue weighted by molar-refractivity contribution is 5.87. The van der Waals surface area contributed by atoms with E-state index in [0.717, 1.165) is 60.5 Å². The molecule has 2 heterocycles. The van der Waals surface area contributed by atoms with Gasteiger partial charge in [-0.3, -0.25) is 4.79 Å². The van der Waals surface area contributed by atoms with Crippen LogP contribution in [0.15, 0.2) is 36.5 Å². The van der Waals surface area contributed by atoms with Crippen molar-refractivity contribution in [1.29, 1.82) is 0 Å². The first-order valence-corrected chi connectivity index (χ1v) is 10.9. The lowest BCUT2D eigenvalue weighted by molar-refractivity contribution is -0.124. The molecule has 2 aromatic heterocycles. The van der Waals surface area contributed by atoms with Gasteiger partial charge in [-0.1, -0.05) is 39.0 Å².